The van der Waals surface area contributed by atoms with Crippen molar-refractivity contribution in [2.24, 2.45) is 0 Å². The van der Waals surface area contributed by atoms with Crippen molar-refractivity contribution in [2.45, 2.75) is 26.3 Å². The molecule has 1 unspecified atom stereocenters. The molecule has 1 aromatic heterocycles. The fraction of sp³-hybridized carbons (Fsp3) is 0.368. The Morgan fingerprint density at radius 3 is 3.04 bits per heavy atom. The average molecular weight is 341 g/mol. The number of benzene rings is 1. The Bertz CT molecular complexity index is 742. The second kappa shape index (κ2) is 8.09. The second-order valence-electron chi connectivity index (χ2n) is 6.13. The van der Waals surface area contributed by atoms with E-state index in [1.807, 2.05) is 32.0 Å². The number of nitrogens with zero attached hydrogens (tertiary/aromatic N) is 1. The van der Waals surface area contributed by atoms with Crippen molar-refractivity contribution in [2.75, 3.05) is 25.1 Å². The van der Waals surface area contributed by atoms with Crippen LogP contribution in [-0.4, -0.2) is 36.7 Å². The van der Waals surface area contributed by atoms with Crippen LogP contribution in [0.15, 0.2) is 36.5 Å². The zero-order valence-corrected chi connectivity index (χ0v) is 14.5. The SMILES string of the molecule is Cc1cccc(Oc2ncccc2NC(=O)CC2COCCN2)c1C. The summed E-state index contributed by atoms with van der Waals surface area (Å²) in [6.07, 6.45) is 1.99. The van der Waals surface area contributed by atoms with Crippen LogP contribution in [0.2, 0.25) is 0 Å². The van der Waals surface area contributed by atoms with Crippen molar-refractivity contribution in [1.29, 1.82) is 0 Å². The molecule has 1 saturated heterocycles. The van der Waals surface area contributed by atoms with Gasteiger partial charge in [0, 0.05) is 25.2 Å². The lowest BCUT2D eigenvalue weighted by atomic mass is 10.1. The summed E-state index contributed by atoms with van der Waals surface area (Å²) in [5.74, 6) is 1.02. The Morgan fingerprint density at radius 2 is 2.24 bits per heavy atom. The van der Waals surface area contributed by atoms with E-state index in [-0.39, 0.29) is 11.9 Å². The Morgan fingerprint density at radius 1 is 1.36 bits per heavy atom. The number of carbonyl (C=O) groups excluding carboxylic acids is 1. The number of aromatic nitrogens is 1. The number of rotatable bonds is 5. The van der Waals surface area contributed by atoms with Crippen molar-refractivity contribution in [1.82, 2.24) is 10.3 Å². The van der Waals surface area contributed by atoms with E-state index < -0.39 is 0 Å². The number of anilines is 1. The minimum atomic E-state index is -0.0955. The molecule has 0 radical (unpaired) electrons. The van der Waals surface area contributed by atoms with Gasteiger partial charge >= 0.3 is 0 Å². The van der Waals surface area contributed by atoms with Crippen molar-refractivity contribution in [3.63, 3.8) is 0 Å². The summed E-state index contributed by atoms with van der Waals surface area (Å²) in [5.41, 5.74) is 2.75. The molecule has 3 rings (SSSR count). The first-order chi connectivity index (χ1) is 12.1. The van der Waals surface area contributed by atoms with Gasteiger partial charge in [0.2, 0.25) is 11.8 Å². The zero-order valence-electron chi connectivity index (χ0n) is 14.5. The monoisotopic (exact) mass is 341 g/mol. The lowest BCUT2D eigenvalue weighted by Gasteiger charge is -2.23. The van der Waals surface area contributed by atoms with Gasteiger partial charge in [-0.3, -0.25) is 4.79 Å². The van der Waals surface area contributed by atoms with E-state index in [2.05, 4.69) is 15.6 Å². The van der Waals surface area contributed by atoms with Crippen molar-refractivity contribution in [3.8, 4) is 11.6 Å². The molecule has 6 nitrogen and oxygen atoms in total. The summed E-state index contributed by atoms with van der Waals surface area (Å²) in [4.78, 5) is 16.6. The van der Waals surface area contributed by atoms with E-state index in [4.69, 9.17) is 9.47 Å². The van der Waals surface area contributed by atoms with Gasteiger partial charge in [-0.1, -0.05) is 12.1 Å². The Kier molecular flexibility index (Phi) is 5.63. The molecule has 1 aliphatic rings. The summed E-state index contributed by atoms with van der Waals surface area (Å²) in [6, 6.07) is 9.46. The van der Waals surface area contributed by atoms with Gasteiger partial charge in [-0.15, -0.1) is 0 Å². The molecule has 0 bridgehead atoms. The number of pyridine rings is 1. The first-order valence-corrected chi connectivity index (χ1v) is 8.43. The van der Waals surface area contributed by atoms with Gasteiger partial charge < -0.3 is 20.1 Å². The maximum absolute atomic E-state index is 12.3. The standard InChI is InChI=1S/C19H23N3O3/c1-13-5-3-7-17(14(13)2)25-19-16(6-4-8-21-19)22-18(23)11-15-12-24-10-9-20-15/h3-8,15,20H,9-12H2,1-2H3,(H,22,23). The molecular formula is C19H23N3O3. The first kappa shape index (κ1) is 17.4. The van der Waals surface area contributed by atoms with E-state index in [1.165, 1.54) is 0 Å². The predicted octanol–water partition coefficient (Wildman–Crippen LogP) is 2.81. The van der Waals surface area contributed by atoms with Crippen LogP contribution < -0.4 is 15.4 Å². The van der Waals surface area contributed by atoms with Gasteiger partial charge in [0.15, 0.2) is 0 Å². The van der Waals surface area contributed by atoms with Gasteiger partial charge in [0.1, 0.15) is 11.4 Å². The molecule has 0 aliphatic carbocycles. The molecular weight excluding hydrogens is 318 g/mol. The molecule has 1 atom stereocenters. The summed E-state index contributed by atoms with van der Waals surface area (Å²) < 4.78 is 11.3. The Balaban J connectivity index is 1.70. The predicted molar refractivity (Wildman–Crippen MR) is 96.1 cm³/mol. The second-order valence-corrected chi connectivity index (χ2v) is 6.13. The number of hydrogen-bond acceptors (Lipinski definition) is 5. The highest BCUT2D eigenvalue weighted by atomic mass is 16.5. The molecule has 2 N–H and O–H groups in total. The number of aryl methyl sites for hydroxylation is 1. The van der Waals surface area contributed by atoms with Gasteiger partial charge in [-0.2, -0.15) is 0 Å². The van der Waals surface area contributed by atoms with Crippen LogP contribution in [0, 0.1) is 13.8 Å². The summed E-state index contributed by atoms with van der Waals surface area (Å²) >= 11 is 0. The van der Waals surface area contributed by atoms with Crippen LogP contribution in [0.25, 0.3) is 0 Å². The maximum Gasteiger partial charge on any atom is 0.243 e. The van der Waals surface area contributed by atoms with Crippen LogP contribution in [0.3, 0.4) is 0 Å². The largest absolute Gasteiger partial charge is 0.437 e. The summed E-state index contributed by atoms with van der Waals surface area (Å²) in [6.45, 7) is 6.04. The number of nitrogens with one attached hydrogen (secondary N) is 2. The molecule has 6 heteroatoms. The van der Waals surface area contributed by atoms with Gasteiger partial charge in [-0.25, -0.2) is 4.98 Å². The number of ether oxygens (including phenoxy) is 2. The van der Waals surface area contributed by atoms with Crippen LogP contribution in [0.5, 0.6) is 11.6 Å². The molecule has 132 valence electrons. The highest BCUT2D eigenvalue weighted by Gasteiger charge is 2.18. The number of morpholine rings is 1. The lowest BCUT2D eigenvalue weighted by molar-refractivity contribution is -0.117. The minimum absolute atomic E-state index is 0.0359. The van der Waals surface area contributed by atoms with Gasteiger partial charge in [-0.05, 0) is 43.2 Å². The maximum atomic E-state index is 12.3. The Hall–Kier alpha value is -2.44. The summed E-state index contributed by atoms with van der Waals surface area (Å²) in [5, 5.41) is 6.16. The number of amides is 1. The third-order valence-corrected chi connectivity index (χ3v) is 4.24. The molecule has 0 spiro atoms. The van der Waals surface area contributed by atoms with Crippen LogP contribution in [-0.2, 0) is 9.53 Å². The van der Waals surface area contributed by atoms with E-state index in [0.717, 1.165) is 23.4 Å². The van der Waals surface area contributed by atoms with Crippen LogP contribution >= 0.6 is 0 Å². The highest BCUT2D eigenvalue weighted by Crippen LogP contribution is 2.30. The quantitative estimate of drug-likeness (QED) is 0.875. The Labute approximate surface area is 147 Å². The van der Waals surface area contributed by atoms with Gasteiger partial charge in [0.05, 0.1) is 13.2 Å². The van der Waals surface area contributed by atoms with Crippen LogP contribution in [0.4, 0.5) is 5.69 Å². The molecule has 1 aromatic carbocycles. The fourth-order valence-corrected chi connectivity index (χ4v) is 2.68. The number of hydrogen-bond donors (Lipinski definition) is 2. The normalized spacial score (nSPS) is 17.1. The minimum Gasteiger partial charge on any atom is -0.437 e. The zero-order chi connectivity index (χ0) is 17.6. The van der Waals surface area contributed by atoms with E-state index >= 15 is 0 Å². The molecule has 1 aliphatic heterocycles. The molecule has 2 heterocycles. The third-order valence-electron chi connectivity index (χ3n) is 4.24. The smallest absolute Gasteiger partial charge is 0.243 e. The van der Waals surface area contributed by atoms with Crippen molar-refractivity contribution >= 4 is 11.6 Å². The molecule has 0 saturated carbocycles. The summed E-state index contributed by atoms with van der Waals surface area (Å²) in [7, 11) is 0. The molecule has 25 heavy (non-hydrogen) atoms. The fourth-order valence-electron chi connectivity index (χ4n) is 2.68. The van der Waals surface area contributed by atoms with Crippen molar-refractivity contribution < 1.29 is 14.3 Å². The third kappa shape index (κ3) is 4.55. The van der Waals surface area contributed by atoms with Crippen LogP contribution in [0.1, 0.15) is 17.5 Å². The highest BCUT2D eigenvalue weighted by molar-refractivity contribution is 5.92. The molecule has 1 amide bonds. The molecule has 1 fully saturated rings. The van der Waals surface area contributed by atoms with E-state index in [0.29, 0.717) is 31.2 Å². The van der Waals surface area contributed by atoms with E-state index in [9.17, 15) is 4.79 Å². The topological polar surface area (TPSA) is 72.5 Å². The number of carbonyl (C=O) groups is 1. The lowest BCUT2D eigenvalue weighted by Crippen LogP contribution is -2.43. The first-order valence-electron chi connectivity index (χ1n) is 8.43. The molecule has 2 aromatic rings. The van der Waals surface area contributed by atoms with Gasteiger partial charge in [0.25, 0.3) is 0 Å². The van der Waals surface area contributed by atoms with E-state index in [1.54, 1.807) is 18.3 Å². The van der Waals surface area contributed by atoms with Crippen molar-refractivity contribution in [3.05, 3.63) is 47.7 Å². The average Bonchev–Trinajstić information content (AvgIpc) is 2.61.